The highest BCUT2D eigenvalue weighted by atomic mass is 16.2. The number of amides is 1. The van der Waals surface area contributed by atoms with Crippen LogP contribution >= 0.6 is 0 Å². The Hall–Kier alpha value is -2.91. The van der Waals surface area contributed by atoms with Gasteiger partial charge in [-0.25, -0.2) is 0 Å². The molecular weight excluding hydrogens is 404 g/mol. The van der Waals surface area contributed by atoms with E-state index in [1.807, 2.05) is 12.2 Å². The van der Waals surface area contributed by atoms with E-state index in [1.165, 1.54) is 16.7 Å². The molecule has 2 fully saturated rings. The van der Waals surface area contributed by atoms with E-state index in [0.717, 1.165) is 45.3 Å². The van der Waals surface area contributed by atoms with Gasteiger partial charge in [0.2, 0.25) is 5.91 Å². The van der Waals surface area contributed by atoms with E-state index in [4.69, 9.17) is 0 Å². The molecule has 33 heavy (non-hydrogen) atoms. The number of rotatable bonds is 5. The summed E-state index contributed by atoms with van der Waals surface area (Å²) in [5.74, 6) is 0.811. The van der Waals surface area contributed by atoms with Gasteiger partial charge in [0.25, 0.3) is 0 Å². The number of nitrogens with zero attached hydrogens (tertiary/aromatic N) is 1. The van der Waals surface area contributed by atoms with E-state index in [9.17, 15) is 4.79 Å². The van der Waals surface area contributed by atoms with Crippen molar-refractivity contribution in [2.75, 3.05) is 19.6 Å². The number of hydrogen-bond acceptors (Lipinski definition) is 2. The molecule has 0 aromatic heterocycles. The molecule has 2 aromatic carbocycles. The predicted molar refractivity (Wildman–Crippen MR) is 135 cm³/mol. The Bertz CT molecular complexity index is 1060. The van der Waals surface area contributed by atoms with Crippen molar-refractivity contribution < 1.29 is 4.79 Å². The van der Waals surface area contributed by atoms with Gasteiger partial charge >= 0.3 is 0 Å². The van der Waals surface area contributed by atoms with E-state index >= 15 is 0 Å². The van der Waals surface area contributed by atoms with Crippen molar-refractivity contribution in [3.8, 4) is 0 Å². The lowest BCUT2D eigenvalue weighted by atomic mass is 9.72. The van der Waals surface area contributed by atoms with Gasteiger partial charge in [-0.15, -0.1) is 0 Å². The summed E-state index contributed by atoms with van der Waals surface area (Å²) in [5, 5.41) is 3.59. The zero-order chi connectivity index (χ0) is 22.7. The number of allylic oxidation sites excluding steroid dienone is 5. The number of nitrogens with one attached hydrogen (secondary N) is 1. The third kappa shape index (κ3) is 4.11. The molecule has 0 bridgehead atoms. The Morgan fingerprint density at radius 3 is 2.73 bits per heavy atom. The van der Waals surface area contributed by atoms with Crippen molar-refractivity contribution in [1.29, 1.82) is 0 Å². The number of carbonyl (C=O) groups excluding carboxylic acids is 1. The molecule has 3 heteroatoms. The fourth-order valence-electron chi connectivity index (χ4n) is 6.33. The summed E-state index contributed by atoms with van der Waals surface area (Å²) in [6, 6.07) is 19.5. The molecule has 2 aromatic rings. The van der Waals surface area contributed by atoms with Gasteiger partial charge in [0.1, 0.15) is 0 Å². The first-order valence-corrected chi connectivity index (χ1v) is 12.3. The van der Waals surface area contributed by atoms with Gasteiger partial charge in [0, 0.05) is 25.0 Å². The summed E-state index contributed by atoms with van der Waals surface area (Å²) in [4.78, 5) is 16.4. The number of fused-ring (bicyclic) bond motifs is 2. The van der Waals surface area contributed by atoms with Crippen LogP contribution < -0.4 is 5.32 Å². The highest BCUT2D eigenvalue weighted by Crippen LogP contribution is 2.48. The smallest absolute Gasteiger partial charge is 0.228 e. The summed E-state index contributed by atoms with van der Waals surface area (Å²) < 4.78 is 0. The topological polar surface area (TPSA) is 32.3 Å². The van der Waals surface area contributed by atoms with Gasteiger partial charge in [-0.05, 0) is 48.3 Å². The molecular formula is C30H34N2O. The van der Waals surface area contributed by atoms with Crippen molar-refractivity contribution >= 4 is 5.91 Å². The molecule has 0 radical (unpaired) electrons. The molecule has 2 saturated heterocycles. The molecule has 1 spiro atoms. The Morgan fingerprint density at radius 1 is 1.06 bits per heavy atom. The minimum absolute atomic E-state index is 0.00924. The molecule has 1 N–H and O–H groups in total. The molecule has 4 atom stereocenters. The van der Waals surface area contributed by atoms with E-state index in [1.54, 1.807) is 6.08 Å². The van der Waals surface area contributed by atoms with Crippen molar-refractivity contribution in [1.82, 2.24) is 10.2 Å². The second-order valence-electron chi connectivity index (χ2n) is 9.74. The lowest BCUT2D eigenvalue weighted by Crippen LogP contribution is -2.49. The molecule has 2 heterocycles. The van der Waals surface area contributed by atoms with E-state index in [2.05, 4.69) is 83.5 Å². The Labute approximate surface area is 197 Å². The first-order chi connectivity index (χ1) is 16.2. The van der Waals surface area contributed by atoms with Crippen LogP contribution in [0.2, 0.25) is 0 Å². The second kappa shape index (κ2) is 9.52. The van der Waals surface area contributed by atoms with Crippen LogP contribution in [0.1, 0.15) is 42.0 Å². The summed E-state index contributed by atoms with van der Waals surface area (Å²) >= 11 is 0. The van der Waals surface area contributed by atoms with Crippen molar-refractivity contribution in [2.45, 2.75) is 37.1 Å². The van der Waals surface area contributed by atoms with Crippen LogP contribution in [-0.4, -0.2) is 30.4 Å². The maximum Gasteiger partial charge on any atom is 0.228 e. The number of likely N-dealkylation sites (tertiary alicyclic amines) is 1. The second-order valence-corrected chi connectivity index (χ2v) is 9.74. The monoisotopic (exact) mass is 438 g/mol. The van der Waals surface area contributed by atoms with Crippen LogP contribution in [0.4, 0.5) is 0 Å². The van der Waals surface area contributed by atoms with Gasteiger partial charge in [-0.3, -0.25) is 4.79 Å². The zero-order valence-electron chi connectivity index (χ0n) is 19.3. The Morgan fingerprint density at radius 2 is 1.88 bits per heavy atom. The summed E-state index contributed by atoms with van der Waals surface area (Å²) in [6.45, 7) is 6.24. The Kier molecular flexibility index (Phi) is 6.32. The maximum atomic E-state index is 14.2. The molecule has 170 valence electrons. The highest BCUT2D eigenvalue weighted by Gasteiger charge is 2.52. The van der Waals surface area contributed by atoms with Crippen LogP contribution in [0, 0.1) is 11.8 Å². The standard InChI is InChI=1S/C30H34N2O/c1-2-3-4-6-11-23-17-19-32(28(20-23)25-13-7-5-8-14-25)29(33)27-21-31-22-30(27)18-16-24-12-9-10-15-26(24)30/h2-15,23,27-28,31H,1,16-22H2. The summed E-state index contributed by atoms with van der Waals surface area (Å²) in [7, 11) is 0. The normalized spacial score (nSPS) is 29.2. The number of piperidine rings is 1. The number of carbonyl (C=O) groups is 1. The number of benzene rings is 2. The predicted octanol–water partition coefficient (Wildman–Crippen LogP) is 5.37. The lowest BCUT2D eigenvalue weighted by molar-refractivity contribution is -0.141. The fourth-order valence-corrected chi connectivity index (χ4v) is 6.33. The molecule has 2 aliphatic heterocycles. The third-order valence-electron chi connectivity index (χ3n) is 8.00. The first-order valence-electron chi connectivity index (χ1n) is 12.3. The zero-order valence-corrected chi connectivity index (χ0v) is 19.3. The summed E-state index contributed by atoms with van der Waals surface area (Å²) in [5.41, 5.74) is 4.02. The van der Waals surface area contributed by atoms with Gasteiger partial charge < -0.3 is 10.2 Å². The van der Waals surface area contributed by atoms with Crippen molar-refractivity contribution in [3.63, 3.8) is 0 Å². The van der Waals surface area contributed by atoms with Crippen LogP contribution in [0.25, 0.3) is 0 Å². The van der Waals surface area contributed by atoms with Crippen LogP contribution in [0.15, 0.2) is 91.6 Å². The molecule has 0 saturated carbocycles. The molecule has 3 aliphatic rings. The average molecular weight is 439 g/mol. The van der Waals surface area contributed by atoms with E-state index < -0.39 is 0 Å². The molecule has 5 rings (SSSR count). The van der Waals surface area contributed by atoms with Crippen molar-refractivity contribution in [2.24, 2.45) is 11.8 Å². The molecule has 4 unspecified atom stereocenters. The SMILES string of the molecule is C=CC=CC=CC1CCN(C(=O)C2CNCC23CCc2ccccc23)C(c2ccccc2)C1. The van der Waals surface area contributed by atoms with Gasteiger partial charge in [0.05, 0.1) is 12.0 Å². The highest BCUT2D eigenvalue weighted by molar-refractivity contribution is 5.82. The fraction of sp³-hybridized carbons (Fsp3) is 0.367. The first kappa shape index (κ1) is 21.9. The van der Waals surface area contributed by atoms with Crippen LogP contribution in [0.3, 0.4) is 0 Å². The number of aryl methyl sites for hydroxylation is 1. The van der Waals surface area contributed by atoms with E-state index in [0.29, 0.717) is 11.8 Å². The van der Waals surface area contributed by atoms with Gasteiger partial charge in [0.15, 0.2) is 0 Å². The Balaban J connectivity index is 1.42. The maximum absolute atomic E-state index is 14.2. The molecule has 1 amide bonds. The molecule has 1 aliphatic carbocycles. The minimum Gasteiger partial charge on any atom is -0.335 e. The quantitative estimate of drug-likeness (QED) is 0.637. The average Bonchev–Trinajstić information content (AvgIpc) is 3.47. The van der Waals surface area contributed by atoms with Crippen molar-refractivity contribution in [3.05, 3.63) is 108 Å². The third-order valence-corrected chi connectivity index (χ3v) is 8.00. The minimum atomic E-state index is -0.0544. The van der Waals surface area contributed by atoms with Crippen LogP contribution in [0.5, 0.6) is 0 Å². The van der Waals surface area contributed by atoms with Gasteiger partial charge in [-0.1, -0.05) is 91.6 Å². The number of hydrogen-bond donors (Lipinski definition) is 1. The largest absolute Gasteiger partial charge is 0.335 e. The summed E-state index contributed by atoms with van der Waals surface area (Å²) in [6.07, 6.45) is 14.3. The van der Waals surface area contributed by atoms with Gasteiger partial charge in [-0.2, -0.15) is 0 Å². The molecule has 3 nitrogen and oxygen atoms in total. The lowest BCUT2D eigenvalue weighted by Gasteiger charge is -2.42. The van der Waals surface area contributed by atoms with E-state index in [-0.39, 0.29) is 17.4 Å². The van der Waals surface area contributed by atoms with Crippen LogP contribution in [-0.2, 0) is 16.6 Å².